The number of anilines is 1. The number of aromatic amines is 1. The minimum Gasteiger partial charge on any atom is -0.493 e. The van der Waals surface area contributed by atoms with Gasteiger partial charge in [-0.25, -0.2) is 4.39 Å². The number of benzene rings is 2. The van der Waals surface area contributed by atoms with E-state index < -0.39 is 35.8 Å². The maximum atomic E-state index is 15.0. The highest BCUT2D eigenvalue weighted by Crippen LogP contribution is 2.33. The number of carbonyl (C=O) groups excluding carboxylic acids is 2. The van der Waals surface area contributed by atoms with Gasteiger partial charge in [0, 0.05) is 41.7 Å². The number of nitrogens with zero attached hydrogens (tertiary/aromatic N) is 1. The number of likely N-dealkylation sites (N-methyl/N-ethyl adjacent to an activating group) is 1. The number of nitrogens with one attached hydrogen (secondary N) is 3. The molecule has 1 aliphatic heterocycles. The third kappa shape index (κ3) is 7.51. The molecule has 1 atom stereocenters. The van der Waals surface area contributed by atoms with Crippen molar-refractivity contribution >= 4 is 17.5 Å². The molecule has 1 aliphatic rings. The monoisotopic (exact) mass is 574 g/mol. The number of ether oxygens (including phenoxy) is 1. The van der Waals surface area contributed by atoms with Gasteiger partial charge in [0.2, 0.25) is 5.91 Å². The van der Waals surface area contributed by atoms with Gasteiger partial charge in [0.05, 0.1) is 18.6 Å². The molecule has 41 heavy (non-hydrogen) atoms. The third-order valence-electron chi connectivity index (χ3n) is 6.88. The van der Waals surface area contributed by atoms with Crippen LogP contribution >= 0.6 is 0 Å². The summed E-state index contributed by atoms with van der Waals surface area (Å²) in [6, 6.07) is 8.04. The second-order valence-electron chi connectivity index (χ2n) is 9.82. The van der Waals surface area contributed by atoms with Crippen LogP contribution in [0.1, 0.15) is 41.3 Å². The standard InChI is InChI=1S/C29H30F4N4O4/c1-3-41-25-14-26(38)34-16-23(25)17-6-7-18(24(30)11-17)12-27(39)36-21-10-19(9-20(13-21)29(31,32)33)28(40)35-15-22-5-4-8-37(22)2/h6-7,9-11,13-14,16,22H,3-5,8,12,15H2,1-2H3,(H,34,38)(H,35,40)(H,36,39)/t22-/m0/s1. The van der Waals surface area contributed by atoms with E-state index in [9.17, 15) is 31.9 Å². The summed E-state index contributed by atoms with van der Waals surface area (Å²) in [5.74, 6) is -1.93. The van der Waals surface area contributed by atoms with Crippen LogP contribution in [0.5, 0.6) is 5.75 Å². The second kappa shape index (κ2) is 12.5. The van der Waals surface area contributed by atoms with Gasteiger partial charge in [-0.3, -0.25) is 14.4 Å². The van der Waals surface area contributed by atoms with Crippen LogP contribution in [-0.2, 0) is 17.4 Å². The minimum absolute atomic E-state index is 0.000685. The SMILES string of the molecule is CCOc1cc(=O)[nH]cc1-c1ccc(CC(=O)Nc2cc(C(=O)NC[C@@H]3CCCN3C)cc(C(F)(F)F)c2)c(F)c1. The quantitative estimate of drug-likeness (QED) is 0.324. The number of halogens is 4. The first-order valence-corrected chi connectivity index (χ1v) is 13.1. The van der Waals surface area contributed by atoms with E-state index in [1.54, 1.807) is 6.92 Å². The Kier molecular flexibility index (Phi) is 9.11. The normalized spacial score (nSPS) is 15.5. The Hall–Kier alpha value is -4.19. The molecular weight excluding hydrogens is 544 g/mol. The molecule has 0 spiro atoms. The zero-order valence-corrected chi connectivity index (χ0v) is 22.5. The first kappa shape index (κ1) is 29.8. The number of pyridine rings is 1. The van der Waals surface area contributed by atoms with Gasteiger partial charge >= 0.3 is 6.18 Å². The Morgan fingerprint density at radius 3 is 2.59 bits per heavy atom. The van der Waals surface area contributed by atoms with E-state index in [2.05, 4.69) is 20.5 Å². The van der Waals surface area contributed by atoms with E-state index in [1.807, 2.05) is 7.05 Å². The molecule has 218 valence electrons. The van der Waals surface area contributed by atoms with Crippen LogP contribution in [0, 0.1) is 5.82 Å². The van der Waals surface area contributed by atoms with Gasteiger partial charge in [-0.1, -0.05) is 12.1 Å². The predicted octanol–water partition coefficient (Wildman–Crippen LogP) is 4.60. The van der Waals surface area contributed by atoms with Crippen LogP contribution in [0.25, 0.3) is 11.1 Å². The first-order valence-electron chi connectivity index (χ1n) is 13.1. The van der Waals surface area contributed by atoms with Crippen molar-refractivity contribution in [2.24, 2.45) is 0 Å². The molecule has 12 heteroatoms. The Morgan fingerprint density at radius 1 is 1.15 bits per heavy atom. The molecule has 2 aromatic carbocycles. The lowest BCUT2D eigenvalue weighted by Gasteiger charge is -2.20. The zero-order chi connectivity index (χ0) is 29.7. The number of aromatic nitrogens is 1. The van der Waals surface area contributed by atoms with E-state index in [0.717, 1.165) is 37.6 Å². The lowest BCUT2D eigenvalue weighted by molar-refractivity contribution is -0.137. The summed E-state index contributed by atoms with van der Waals surface area (Å²) in [6.45, 7) is 3.19. The topological polar surface area (TPSA) is 104 Å². The minimum atomic E-state index is -4.76. The molecule has 0 unspecified atom stereocenters. The largest absolute Gasteiger partial charge is 0.493 e. The molecule has 0 saturated carbocycles. The van der Waals surface area contributed by atoms with E-state index in [0.29, 0.717) is 11.1 Å². The number of likely N-dealkylation sites (tertiary alicyclic amines) is 1. The Balaban J connectivity index is 1.49. The van der Waals surface area contributed by atoms with E-state index >= 15 is 0 Å². The highest BCUT2D eigenvalue weighted by molar-refractivity contribution is 5.98. The van der Waals surface area contributed by atoms with Crippen molar-refractivity contribution in [3.8, 4) is 16.9 Å². The average molecular weight is 575 g/mol. The van der Waals surface area contributed by atoms with Crippen molar-refractivity contribution in [1.82, 2.24) is 15.2 Å². The van der Waals surface area contributed by atoms with Gasteiger partial charge < -0.3 is 25.3 Å². The van der Waals surface area contributed by atoms with Crippen LogP contribution < -0.4 is 20.9 Å². The Labute approximate surface area is 233 Å². The Bertz CT molecular complexity index is 1490. The van der Waals surface area contributed by atoms with Crippen molar-refractivity contribution in [3.05, 3.63) is 81.5 Å². The van der Waals surface area contributed by atoms with Gasteiger partial charge in [0.15, 0.2) is 0 Å². The summed E-state index contributed by atoms with van der Waals surface area (Å²) < 4.78 is 61.2. The number of hydrogen-bond acceptors (Lipinski definition) is 5. The highest BCUT2D eigenvalue weighted by Gasteiger charge is 2.32. The first-order chi connectivity index (χ1) is 19.4. The number of rotatable bonds is 9. The van der Waals surface area contributed by atoms with Crippen LogP contribution in [0.3, 0.4) is 0 Å². The van der Waals surface area contributed by atoms with Crippen LogP contribution in [-0.4, -0.2) is 54.5 Å². The molecule has 8 nitrogen and oxygen atoms in total. The fourth-order valence-corrected chi connectivity index (χ4v) is 4.73. The Morgan fingerprint density at radius 2 is 1.93 bits per heavy atom. The molecule has 1 aromatic heterocycles. The fraction of sp³-hybridized carbons (Fsp3) is 0.345. The molecule has 2 heterocycles. The number of amides is 2. The van der Waals surface area contributed by atoms with Gasteiger partial charge in [-0.15, -0.1) is 0 Å². The number of alkyl halides is 3. The molecule has 0 radical (unpaired) electrons. The van der Waals surface area contributed by atoms with Crippen LogP contribution in [0.4, 0.5) is 23.2 Å². The van der Waals surface area contributed by atoms with Crippen molar-refractivity contribution in [1.29, 1.82) is 0 Å². The lowest BCUT2D eigenvalue weighted by atomic mass is 10.0. The van der Waals surface area contributed by atoms with Crippen LogP contribution in [0.15, 0.2) is 53.5 Å². The highest BCUT2D eigenvalue weighted by atomic mass is 19.4. The summed E-state index contributed by atoms with van der Waals surface area (Å²) in [5.41, 5.74) is -1.14. The average Bonchev–Trinajstić information content (AvgIpc) is 3.32. The smallest absolute Gasteiger partial charge is 0.416 e. The third-order valence-corrected chi connectivity index (χ3v) is 6.88. The maximum absolute atomic E-state index is 15.0. The van der Waals surface area contributed by atoms with E-state index in [1.165, 1.54) is 30.5 Å². The molecule has 2 amide bonds. The fourth-order valence-electron chi connectivity index (χ4n) is 4.73. The van der Waals surface area contributed by atoms with Crippen LogP contribution in [0.2, 0.25) is 0 Å². The van der Waals surface area contributed by atoms with Gasteiger partial charge in [-0.2, -0.15) is 13.2 Å². The van der Waals surface area contributed by atoms with E-state index in [-0.39, 0.29) is 47.3 Å². The summed E-state index contributed by atoms with van der Waals surface area (Å²) in [4.78, 5) is 41.6. The summed E-state index contributed by atoms with van der Waals surface area (Å²) in [6.07, 6.45) is -1.99. The van der Waals surface area contributed by atoms with E-state index in [4.69, 9.17) is 4.74 Å². The molecule has 1 saturated heterocycles. The van der Waals surface area contributed by atoms with Gasteiger partial charge in [0.25, 0.3) is 11.5 Å². The second-order valence-corrected chi connectivity index (χ2v) is 9.82. The van der Waals surface area contributed by atoms with Gasteiger partial charge in [0.1, 0.15) is 11.6 Å². The molecule has 0 aliphatic carbocycles. The number of hydrogen-bond donors (Lipinski definition) is 3. The van der Waals surface area contributed by atoms with Crippen molar-refractivity contribution in [2.45, 2.75) is 38.4 Å². The molecule has 4 rings (SSSR count). The van der Waals surface area contributed by atoms with Crippen molar-refractivity contribution < 1.29 is 31.9 Å². The molecule has 3 N–H and O–H groups in total. The molecular formula is C29H30F4N4O4. The number of H-pyrrole nitrogens is 1. The van der Waals surface area contributed by atoms with Gasteiger partial charge in [-0.05, 0) is 68.8 Å². The maximum Gasteiger partial charge on any atom is 0.416 e. The van der Waals surface area contributed by atoms with Crippen molar-refractivity contribution in [3.63, 3.8) is 0 Å². The lowest BCUT2D eigenvalue weighted by Crippen LogP contribution is -2.38. The molecule has 1 fully saturated rings. The van der Waals surface area contributed by atoms with Crippen molar-refractivity contribution in [2.75, 3.05) is 32.1 Å². The summed E-state index contributed by atoms with van der Waals surface area (Å²) in [5, 5.41) is 5.03. The molecule has 0 bridgehead atoms. The zero-order valence-electron chi connectivity index (χ0n) is 22.5. The summed E-state index contributed by atoms with van der Waals surface area (Å²) in [7, 11) is 1.92. The number of carbonyl (C=O) groups is 2. The predicted molar refractivity (Wildman–Crippen MR) is 145 cm³/mol. The summed E-state index contributed by atoms with van der Waals surface area (Å²) >= 11 is 0. The molecule has 3 aromatic rings.